The Morgan fingerprint density at radius 1 is 1.23 bits per heavy atom. The van der Waals surface area contributed by atoms with Gasteiger partial charge in [-0.25, -0.2) is 4.98 Å². The number of nitrogens with zero attached hydrogens (tertiary/aromatic N) is 3. The minimum absolute atomic E-state index is 0.274. The predicted molar refractivity (Wildman–Crippen MR) is 117 cm³/mol. The number of hydrogen-bond acceptors (Lipinski definition) is 6. The van der Waals surface area contributed by atoms with Gasteiger partial charge >= 0.3 is 0 Å². The molecule has 0 saturated heterocycles. The third kappa shape index (κ3) is 3.77. The molecule has 4 rings (SSSR count). The van der Waals surface area contributed by atoms with E-state index < -0.39 is 6.10 Å². The first-order valence-corrected chi connectivity index (χ1v) is 10.3. The lowest BCUT2D eigenvalue weighted by Crippen LogP contribution is -2.27. The molecule has 1 N–H and O–H groups in total. The van der Waals surface area contributed by atoms with Gasteiger partial charge in [-0.2, -0.15) is 0 Å². The number of imidazole rings is 1. The number of carbonyl (C=O) groups excluding carboxylic acids is 1. The van der Waals surface area contributed by atoms with E-state index in [0.29, 0.717) is 22.1 Å². The number of nitrogens with one attached hydrogen (secondary N) is 1. The van der Waals surface area contributed by atoms with Crippen molar-refractivity contribution in [3.05, 3.63) is 59.5 Å². The Bertz CT molecular complexity index is 1220. The summed E-state index contributed by atoms with van der Waals surface area (Å²) in [5.41, 5.74) is 1.40. The molecule has 0 aliphatic carbocycles. The molecule has 154 valence electrons. The van der Waals surface area contributed by atoms with Crippen molar-refractivity contribution >= 4 is 39.1 Å². The lowest BCUT2D eigenvalue weighted by atomic mass is 10.1. The van der Waals surface area contributed by atoms with Gasteiger partial charge in [-0.1, -0.05) is 17.7 Å². The number of ether oxygens (including phenoxy) is 2. The number of hydrogen-bond donors (Lipinski definition) is 1. The van der Waals surface area contributed by atoms with Gasteiger partial charge in [0.2, 0.25) is 0 Å². The number of pyridine rings is 1. The van der Waals surface area contributed by atoms with E-state index in [2.05, 4.69) is 15.3 Å². The van der Waals surface area contributed by atoms with E-state index in [1.165, 1.54) is 7.11 Å². The van der Waals surface area contributed by atoms with Crippen LogP contribution in [0.5, 0.6) is 11.5 Å². The van der Waals surface area contributed by atoms with Gasteiger partial charge in [0, 0.05) is 51.4 Å². The van der Waals surface area contributed by atoms with Crippen molar-refractivity contribution in [3.8, 4) is 22.2 Å². The number of rotatable bonds is 6. The Hall–Kier alpha value is -2.94. The number of halogens is 1. The quantitative estimate of drug-likeness (QED) is 0.473. The van der Waals surface area contributed by atoms with E-state index in [0.717, 1.165) is 20.9 Å². The Balaban J connectivity index is 1.66. The maximum absolute atomic E-state index is 12.0. The predicted octanol–water partition coefficient (Wildman–Crippen LogP) is 4.58. The number of benzene rings is 1. The van der Waals surface area contributed by atoms with Crippen molar-refractivity contribution in [2.75, 3.05) is 14.2 Å². The van der Waals surface area contributed by atoms with Crippen LogP contribution in [0, 0.1) is 0 Å². The molecule has 3 heterocycles. The van der Waals surface area contributed by atoms with E-state index in [1.54, 1.807) is 49.0 Å². The van der Waals surface area contributed by atoms with E-state index in [1.807, 2.05) is 29.9 Å². The third-order valence-electron chi connectivity index (χ3n) is 4.62. The zero-order valence-corrected chi connectivity index (χ0v) is 18.1. The van der Waals surface area contributed by atoms with Crippen molar-refractivity contribution in [1.29, 1.82) is 0 Å². The van der Waals surface area contributed by atoms with Gasteiger partial charge in [0.1, 0.15) is 17.3 Å². The fourth-order valence-corrected chi connectivity index (χ4v) is 4.50. The van der Waals surface area contributed by atoms with Crippen LogP contribution in [0.25, 0.3) is 20.9 Å². The summed E-state index contributed by atoms with van der Waals surface area (Å²) in [5.74, 6) is 1.82. The highest BCUT2D eigenvalue weighted by molar-refractivity contribution is 7.22. The van der Waals surface area contributed by atoms with Crippen molar-refractivity contribution in [1.82, 2.24) is 19.9 Å². The lowest BCUT2D eigenvalue weighted by molar-refractivity contribution is -0.130. The normalized spacial score (nSPS) is 12.1. The Kier molecular flexibility index (Phi) is 5.72. The number of thiophene rings is 1. The minimum Gasteiger partial charge on any atom is -0.456 e. The minimum atomic E-state index is -0.790. The summed E-state index contributed by atoms with van der Waals surface area (Å²) in [4.78, 5) is 21.9. The molecule has 1 amide bonds. The number of methoxy groups -OCH3 is 1. The number of aromatic nitrogens is 3. The van der Waals surface area contributed by atoms with Crippen LogP contribution >= 0.6 is 22.9 Å². The van der Waals surface area contributed by atoms with Crippen molar-refractivity contribution in [3.63, 3.8) is 0 Å². The van der Waals surface area contributed by atoms with Crippen LogP contribution in [0.1, 0.15) is 11.7 Å². The second-order valence-electron chi connectivity index (χ2n) is 6.51. The molecule has 0 radical (unpaired) electrons. The van der Waals surface area contributed by atoms with Gasteiger partial charge in [-0.05, 0) is 18.2 Å². The molecule has 0 aliphatic heterocycles. The van der Waals surface area contributed by atoms with Gasteiger partial charge in [-0.3, -0.25) is 9.78 Å². The highest BCUT2D eigenvalue weighted by Gasteiger charge is 2.22. The fourth-order valence-electron chi connectivity index (χ4n) is 3.13. The van der Waals surface area contributed by atoms with Crippen LogP contribution in [-0.4, -0.2) is 34.6 Å². The second-order valence-corrected chi connectivity index (χ2v) is 7.97. The SMILES string of the molecule is CNC(=O)C(OC)c1ccc(Oc2ccnc3cc(-c4nccn4C)sc23)cc1Cl. The van der Waals surface area contributed by atoms with Gasteiger partial charge < -0.3 is 19.4 Å². The maximum Gasteiger partial charge on any atom is 0.253 e. The molecule has 4 aromatic rings. The van der Waals surface area contributed by atoms with E-state index in [9.17, 15) is 4.79 Å². The fraction of sp³-hybridized carbons (Fsp3) is 0.190. The van der Waals surface area contributed by atoms with Gasteiger partial charge in [-0.15, -0.1) is 11.3 Å². The molecule has 0 aliphatic rings. The average Bonchev–Trinajstić information content (AvgIpc) is 3.36. The van der Waals surface area contributed by atoms with Crippen molar-refractivity contribution in [2.24, 2.45) is 7.05 Å². The Morgan fingerprint density at radius 3 is 2.73 bits per heavy atom. The largest absolute Gasteiger partial charge is 0.456 e. The number of amides is 1. The molecule has 0 saturated carbocycles. The first-order valence-electron chi connectivity index (χ1n) is 9.09. The zero-order valence-electron chi connectivity index (χ0n) is 16.5. The average molecular weight is 443 g/mol. The van der Waals surface area contributed by atoms with Crippen LogP contribution in [0.3, 0.4) is 0 Å². The summed E-state index contributed by atoms with van der Waals surface area (Å²) in [7, 11) is 4.96. The monoisotopic (exact) mass is 442 g/mol. The third-order valence-corrected chi connectivity index (χ3v) is 6.08. The molecular weight excluding hydrogens is 424 g/mol. The number of likely N-dealkylation sites (N-methyl/N-ethyl adjacent to an activating group) is 1. The first-order chi connectivity index (χ1) is 14.5. The molecule has 0 spiro atoms. The zero-order chi connectivity index (χ0) is 21.3. The topological polar surface area (TPSA) is 78.3 Å². The number of aryl methyl sites for hydroxylation is 1. The molecule has 3 aromatic heterocycles. The molecule has 1 unspecified atom stereocenters. The smallest absolute Gasteiger partial charge is 0.253 e. The molecule has 0 fully saturated rings. The highest BCUT2D eigenvalue weighted by Crippen LogP contribution is 2.39. The van der Waals surface area contributed by atoms with Crippen LogP contribution in [0.15, 0.2) is 48.9 Å². The summed E-state index contributed by atoms with van der Waals surface area (Å²) < 4.78 is 14.3. The molecule has 0 bridgehead atoms. The maximum atomic E-state index is 12.0. The molecule has 7 nitrogen and oxygen atoms in total. The first kappa shape index (κ1) is 20.3. The molecular formula is C21H19ClN4O3S. The molecule has 30 heavy (non-hydrogen) atoms. The van der Waals surface area contributed by atoms with Crippen LogP contribution in [0.2, 0.25) is 5.02 Å². The summed E-state index contributed by atoms with van der Waals surface area (Å²) in [6.45, 7) is 0. The second kappa shape index (κ2) is 8.43. The van der Waals surface area contributed by atoms with E-state index in [-0.39, 0.29) is 5.91 Å². The molecule has 1 atom stereocenters. The Morgan fingerprint density at radius 2 is 2.07 bits per heavy atom. The van der Waals surface area contributed by atoms with Crippen LogP contribution in [-0.2, 0) is 16.6 Å². The van der Waals surface area contributed by atoms with Crippen molar-refractivity contribution < 1.29 is 14.3 Å². The van der Waals surface area contributed by atoms with Gasteiger partial charge in [0.05, 0.1) is 20.1 Å². The Labute approximate surface area is 182 Å². The van der Waals surface area contributed by atoms with Crippen molar-refractivity contribution in [2.45, 2.75) is 6.10 Å². The summed E-state index contributed by atoms with van der Waals surface area (Å²) in [5, 5.41) is 2.95. The standard InChI is InChI=1S/C21H19ClN4O3S/c1-23-21(27)18(28-3)13-5-4-12(10-14(13)22)29-16-6-7-24-15-11-17(30-19(15)16)20-25-8-9-26(20)2/h4-11,18H,1-3H3,(H,23,27). The summed E-state index contributed by atoms with van der Waals surface area (Å²) >= 11 is 7.98. The number of carbonyl (C=O) groups is 1. The van der Waals surface area contributed by atoms with E-state index in [4.69, 9.17) is 21.1 Å². The highest BCUT2D eigenvalue weighted by atomic mass is 35.5. The summed E-state index contributed by atoms with van der Waals surface area (Å²) in [6.07, 6.45) is 4.58. The number of fused-ring (bicyclic) bond motifs is 1. The lowest BCUT2D eigenvalue weighted by Gasteiger charge is -2.16. The van der Waals surface area contributed by atoms with E-state index >= 15 is 0 Å². The van der Waals surface area contributed by atoms with Gasteiger partial charge in [0.15, 0.2) is 6.10 Å². The van der Waals surface area contributed by atoms with Crippen LogP contribution in [0.4, 0.5) is 0 Å². The molecule has 9 heteroatoms. The van der Waals surface area contributed by atoms with Gasteiger partial charge in [0.25, 0.3) is 5.91 Å². The van der Waals surface area contributed by atoms with Crippen LogP contribution < -0.4 is 10.1 Å². The molecule has 1 aromatic carbocycles. The summed E-state index contributed by atoms with van der Waals surface area (Å²) in [6, 6.07) is 8.97.